The van der Waals surface area contributed by atoms with Crippen LogP contribution in [0.5, 0.6) is 0 Å². The fourth-order valence-corrected chi connectivity index (χ4v) is 3.07. The quantitative estimate of drug-likeness (QED) is 0.767. The van der Waals surface area contributed by atoms with Crippen LogP contribution in [0, 0.1) is 5.92 Å². The monoisotopic (exact) mass is 254 g/mol. The van der Waals surface area contributed by atoms with Gasteiger partial charge >= 0.3 is 0 Å². The smallest absolute Gasteiger partial charge is 0.263 e. The number of nitrogen functional groups attached to an aromatic ring is 1. The summed E-state index contributed by atoms with van der Waals surface area (Å²) in [5.74, 6) is 0.0803. The van der Waals surface area contributed by atoms with E-state index in [0.717, 1.165) is 25.7 Å². The highest BCUT2D eigenvalue weighted by Crippen LogP contribution is 2.25. The third-order valence-electron chi connectivity index (χ3n) is 3.36. The molecular formula is C12H18N2O2S. The zero-order valence-electron chi connectivity index (χ0n) is 9.69. The van der Waals surface area contributed by atoms with Crippen LogP contribution in [0.4, 0.5) is 5.69 Å². The van der Waals surface area contributed by atoms with Gasteiger partial charge in [0.25, 0.3) is 5.91 Å². The van der Waals surface area contributed by atoms with Crippen LogP contribution < -0.4 is 11.1 Å². The predicted octanol–water partition coefficient (Wildman–Crippen LogP) is 1.61. The third kappa shape index (κ3) is 2.79. The fourth-order valence-electron chi connectivity index (χ4n) is 2.35. The van der Waals surface area contributed by atoms with Crippen LogP contribution in [0.25, 0.3) is 0 Å². The number of carbonyl (C=O) groups excluding carboxylic acids is 1. The Balaban J connectivity index is 2.00. The Morgan fingerprint density at radius 3 is 2.94 bits per heavy atom. The van der Waals surface area contributed by atoms with Crippen molar-refractivity contribution in [3.63, 3.8) is 0 Å². The fraction of sp³-hybridized carbons (Fsp3) is 0.583. The summed E-state index contributed by atoms with van der Waals surface area (Å²) in [7, 11) is 0. The molecule has 1 aromatic heterocycles. The molecule has 2 rings (SSSR count). The molecule has 2 unspecified atom stereocenters. The number of thiophene rings is 1. The largest absolute Gasteiger partial charge is 0.397 e. The molecular weight excluding hydrogens is 236 g/mol. The zero-order chi connectivity index (χ0) is 12.3. The van der Waals surface area contributed by atoms with Gasteiger partial charge in [0.05, 0.1) is 5.69 Å². The number of hydrogen-bond acceptors (Lipinski definition) is 4. The van der Waals surface area contributed by atoms with Crippen molar-refractivity contribution in [3.05, 3.63) is 16.3 Å². The average Bonchev–Trinajstić information content (AvgIpc) is 2.76. The highest BCUT2D eigenvalue weighted by Gasteiger charge is 2.26. The van der Waals surface area contributed by atoms with Gasteiger partial charge in [-0.15, -0.1) is 11.3 Å². The molecule has 4 N–H and O–H groups in total. The van der Waals surface area contributed by atoms with Gasteiger partial charge in [-0.1, -0.05) is 12.8 Å². The van der Waals surface area contributed by atoms with Gasteiger partial charge in [0.15, 0.2) is 0 Å². The Morgan fingerprint density at radius 2 is 2.29 bits per heavy atom. The minimum atomic E-state index is -0.108. The average molecular weight is 254 g/mol. The number of anilines is 1. The molecule has 4 nitrogen and oxygen atoms in total. The lowest BCUT2D eigenvalue weighted by Crippen LogP contribution is -2.43. The normalized spacial score (nSPS) is 24.5. The number of hydrogen-bond donors (Lipinski definition) is 3. The Kier molecular flexibility index (Phi) is 4.02. The van der Waals surface area contributed by atoms with Crippen molar-refractivity contribution in [3.8, 4) is 0 Å². The molecule has 1 fully saturated rings. The molecule has 0 aliphatic heterocycles. The van der Waals surface area contributed by atoms with Gasteiger partial charge in [-0.05, 0) is 24.3 Å². The molecule has 1 heterocycles. The summed E-state index contributed by atoms with van der Waals surface area (Å²) in [4.78, 5) is 12.6. The second kappa shape index (κ2) is 5.51. The van der Waals surface area contributed by atoms with E-state index in [1.807, 2.05) is 5.38 Å². The van der Waals surface area contributed by atoms with Gasteiger partial charge in [-0.3, -0.25) is 4.79 Å². The van der Waals surface area contributed by atoms with E-state index in [-0.39, 0.29) is 24.5 Å². The van der Waals surface area contributed by atoms with Crippen LogP contribution in [0.2, 0.25) is 0 Å². The first kappa shape index (κ1) is 12.4. The molecule has 0 radical (unpaired) electrons. The Labute approximate surface area is 105 Å². The zero-order valence-corrected chi connectivity index (χ0v) is 10.5. The summed E-state index contributed by atoms with van der Waals surface area (Å²) >= 11 is 1.36. The minimum absolute atomic E-state index is 0.0859. The molecule has 94 valence electrons. The molecule has 0 aromatic carbocycles. The first-order chi connectivity index (χ1) is 8.22. The number of nitrogens with two attached hydrogens (primary N) is 1. The van der Waals surface area contributed by atoms with Gasteiger partial charge in [0, 0.05) is 18.6 Å². The van der Waals surface area contributed by atoms with Gasteiger partial charge in [-0.2, -0.15) is 0 Å². The predicted molar refractivity (Wildman–Crippen MR) is 69.0 cm³/mol. The number of rotatable bonds is 3. The number of nitrogens with one attached hydrogen (secondary N) is 1. The maximum absolute atomic E-state index is 12.0. The van der Waals surface area contributed by atoms with Crippen LogP contribution in [0.3, 0.4) is 0 Å². The van der Waals surface area contributed by atoms with Crippen LogP contribution >= 0.6 is 11.3 Å². The van der Waals surface area contributed by atoms with Gasteiger partial charge in [0.1, 0.15) is 4.88 Å². The van der Waals surface area contributed by atoms with Crippen LogP contribution in [0.15, 0.2) is 11.4 Å². The Bertz CT molecular complexity index is 392. The summed E-state index contributed by atoms with van der Waals surface area (Å²) in [5, 5.41) is 14.1. The van der Waals surface area contributed by atoms with E-state index in [9.17, 15) is 9.90 Å². The Hall–Kier alpha value is -1.07. The summed E-state index contributed by atoms with van der Waals surface area (Å²) in [6.07, 6.45) is 4.18. The second-order valence-electron chi connectivity index (χ2n) is 4.51. The number of aliphatic hydroxyl groups is 1. The van der Waals surface area contributed by atoms with E-state index in [1.54, 1.807) is 6.07 Å². The van der Waals surface area contributed by atoms with Gasteiger partial charge in [-0.25, -0.2) is 0 Å². The number of carbonyl (C=O) groups is 1. The van der Waals surface area contributed by atoms with Crippen molar-refractivity contribution in [2.45, 2.75) is 31.7 Å². The summed E-state index contributed by atoms with van der Waals surface area (Å²) in [6, 6.07) is 1.83. The Morgan fingerprint density at radius 1 is 1.53 bits per heavy atom. The SMILES string of the molecule is Nc1ccsc1C(=O)NC1CCCCC1CO. The van der Waals surface area contributed by atoms with Crippen molar-refractivity contribution in [1.82, 2.24) is 5.32 Å². The van der Waals surface area contributed by atoms with Crippen LogP contribution in [-0.4, -0.2) is 23.7 Å². The van der Waals surface area contributed by atoms with E-state index in [2.05, 4.69) is 5.32 Å². The number of amides is 1. The highest BCUT2D eigenvalue weighted by molar-refractivity contribution is 7.12. The van der Waals surface area contributed by atoms with Crippen molar-refractivity contribution < 1.29 is 9.90 Å². The first-order valence-corrected chi connectivity index (χ1v) is 6.85. The third-order valence-corrected chi connectivity index (χ3v) is 4.29. The van der Waals surface area contributed by atoms with Crippen molar-refractivity contribution in [2.75, 3.05) is 12.3 Å². The second-order valence-corrected chi connectivity index (χ2v) is 5.43. The lowest BCUT2D eigenvalue weighted by molar-refractivity contribution is 0.0877. The summed E-state index contributed by atoms with van der Waals surface area (Å²) in [6.45, 7) is 0.144. The first-order valence-electron chi connectivity index (χ1n) is 5.97. The molecule has 2 atom stereocenters. The molecule has 1 aliphatic rings. The molecule has 0 spiro atoms. The molecule has 5 heteroatoms. The van der Waals surface area contributed by atoms with Crippen molar-refractivity contribution >= 4 is 22.9 Å². The molecule has 0 saturated heterocycles. The van der Waals surface area contributed by atoms with E-state index < -0.39 is 0 Å². The van der Waals surface area contributed by atoms with E-state index in [4.69, 9.17) is 5.73 Å². The molecule has 1 saturated carbocycles. The molecule has 1 aromatic rings. The van der Waals surface area contributed by atoms with E-state index in [0.29, 0.717) is 10.6 Å². The summed E-state index contributed by atoms with van der Waals surface area (Å²) in [5.41, 5.74) is 6.25. The topological polar surface area (TPSA) is 75.4 Å². The number of aliphatic hydroxyl groups excluding tert-OH is 1. The molecule has 1 aliphatic carbocycles. The molecule has 0 bridgehead atoms. The molecule has 17 heavy (non-hydrogen) atoms. The highest BCUT2D eigenvalue weighted by atomic mass is 32.1. The maximum atomic E-state index is 12.0. The standard InChI is InChI=1S/C12H18N2O2S/c13-9-5-6-17-11(9)12(16)14-10-4-2-1-3-8(10)7-15/h5-6,8,10,15H,1-4,7,13H2,(H,14,16). The lowest BCUT2D eigenvalue weighted by atomic mass is 9.85. The maximum Gasteiger partial charge on any atom is 0.263 e. The van der Waals surface area contributed by atoms with E-state index in [1.165, 1.54) is 11.3 Å². The summed E-state index contributed by atoms with van der Waals surface area (Å²) < 4.78 is 0. The lowest BCUT2D eigenvalue weighted by Gasteiger charge is -2.30. The van der Waals surface area contributed by atoms with E-state index >= 15 is 0 Å². The van der Waals surface area contributed by atoms with Crippen molar-refractivity contribution in [1.29, 1.82) is 0 Å². The van der Waals surface area contributed by atoms with Crippen LogP contribution in [0.1, 0.15) is 35.4 Å². The van der Waals surface area contributed by atoms with Crippen LogP contribution in [-0.2, 0) is 0 Å². The van der Waals surface area contributed by atoms with Gasteiger partial charge in [0.2, 0.25) is 0 Å². The molecule has 1 amide bonds. The minimum Gasteiger partial charge on any atom is -0.397 e. The van der Waals surface area contributed by atoms with Crippen molar-refractivity contribution in [2.24, 2.45) is 5.92 Å². The van der Waals surface area contributed by atoms with Gasteiger partial charge < -0.3 is 16.2 Å².